The number of anilines is 1. The van der Waals surface area contributed by atoms with Crippen molar-refractivity contribution in [3.05, 3.63) is 35.5 Å². The van der Waals surface area contributed by atoms with Gasteiger partial charge in [-0.2, -0.15) is 0 Å². The van der Waals surface area contributed by atoms with E-state index < -0.39 is 0 Å². The van der Waals surface area contributed by atoms with Crippen LogP contribution in [0.3, 0.4) is 0 Å². The Labute approximate surface area is 114 Å². The number of hydrogen-bond acceptors (Lipinski definition) is 5. The average Bonchev–Trinajstić information content (AvgIpc) is 3.12. The van der Waals surface area contributed by atoms with Crippen molar-refractivity contribution in [1.29, 1.82) is 0 Å². The van der Waals surface area contributed by atoms with Crippen LogP contribution in [0.15, 0.2) is 24.0 Å². The second-order valence-electron chi connectivity index (χ2n) is 4.60. The third-order valence-electron chi connectivity index (χ3n) is 3.58. The van der Waals surface area contributed by atoms with Gasteiger partial charge in [-0.1, -0.05) is 0 Å². The Bertz CT molecular complexity index is 724. The van der Waals surface area contributed by atoms with Crippen LogP contribution < -0.4 is 10.6 Å². The number of hydrogen-bond donors (Lipinski definition) is 1. The largest absolute Gasteiger partial charge is 0.346 e. The van der Waals surface area contributed by atoms with Crippen molar-refractivity contribution in [2.75, 3.05) is 11.4 Å². The van der Waals surface area contributed by atoms with Gasteiger partial charge in [0.1, 0.15) is 5.82 Å². The lowest BCUT2D eigenvalue weighted by molar-refractivity contribution is 0.555. The van der Waals surface area contributed by atoms with Crippen LogP contribution >= 0.6 is 11.3 Å². The van der Waals surface area contributed by atoms with E-state index in [2.05, 4.69) is 18.9 Å². The first-order chi connectivity index (χ1) is 9.36. The summed E-state index contributed by atoms with van der Waals surface area (Å²) in [5.41, 5.74) is 6.98. The number of rotatable bonds is 2. The van der Waals surface area contributed by atoms with Gasteiger partial charge in [0.25, 0.3) is 0 Å². The van der Waals surface area contributed by atoms with Crippen LogP contribution in [0.4, 0.5) is 5.82 Å². The second kappa shape index (κ2) is 4.07. The van der Waals surface area contributed by atoms with Crippen molar-refractivity contribution in [2.45, 2.75) is 19.6 Å². The molecular formula is C12H14N6S. The van der Waals surface area contributed by atoms with Crippen LogP contribution in [-0.4, -0.2) is 25.5 Å². The molecule has 98 valence electrons. The molecule has 0 aromatic carbocycles. The van der Waals surface area contributed by atoms with Gasteiger partial charge in [-0.3, -0.25) is 4.40 Å². The van der Waals surface area contributed by atoms with Gasteiger partial charge in [-0.25, -0.2) is 9.97 Å². The molecule has 1 aliphatic heterocycles. The lowest BCUT2D eigenvalue weighted by atomic mass is 10.3. The van der Waals surface area contributed by atoms with Crippen LogP contribution in [0.2, 0.25) is 0 Å². The summed E-state index contributed by atoms with van der Waals surface area (Å²) in [7, 11) is 0. The standard InChI is InChI=1S/C12H14N6S/c13-7-9-11(15-12-18(9)5-6-19-12)17-4-3-16-2-1-14-10(16)8-17/h1-2,5-6H,3-4,7-8,13H2. The lowest BCUT2D eigenvalue weighted by Crippen LogP contribution is -2.34. The van der Waals surface area contributed by atoms with Crippen LogP contribution in [-0.2, 0) is 19.6 Å². The zero-order valence-corrected chi connectivity index (χ0v) is 11.2. The van der Waals surface area contributed by atoms with E-state index in [-0.39, 0.29) is 0 Å². The van der Waals surface area contributed by atoms with Crippen molar-refractivity contribution in [2.24, 2.45) is 5.73 Å². The topological polar surface area (TPSA) is 64.4 Å². The van der Waals surface area contributed by atoms with Crippen LogP contribution in [0.1, 0.15) is 11.5 Å². The molecule has 0 bridgehead atoms. The molecule has 7 heteroatoms. The monoisotopic (exact) mass is 274 g/mol. The Hall–Kier alpha value is -1.86. The van der Waals surface area contributed by atoms with E-state index in [0.717, 1.165) is 41.9 Å². The molecule has 3 aromatic heterocycles. The molecule has 0 aliphatic carbocycles. The summed E-state index contributed by atoms with van der Waals surface area (Å²) in [6.45, 7) is 3.19. The summed E-state index contributed by atoms with van der Waals surface area (Å²) in [4.78, 5) is 12.4. The highest BCUT2D eigenvalue weighted by Gasteiger charge is 2.22. The molecule has 0 spiro atoms. The minimum absolute atomic E-state index is 0.498. The lowest BCUT2D eigenvalue weighted by Gasteiger charge is -2.28. The first-order valence-electron chi connectivity index (χ1n) is 6.26. The maximum absolute atomic E-state index is 5.90. The summed E-state index contributed by atoms with van der Waals surface area (Å²) >= 11 is 1.64. The Balaban J connectivity index is 1.77. The maximum Gasteiger partial charge on any atom is 0.195 e. The van der Waals surface area contributed by atoms with Crippen molar-refractivity contribution in [1.82, 2.24) is 18.9 Å². The summed E-state index contributed by atoms with van der Waals surface area (Å²) in [5, 5.41) is 2.04. The molecular weight excluding hydrogens is 260 g/mol. The number of aromatic nitrogens is 4. The molecule has 0 fully saturated rings. The van der Waals surface area contributed by atoms with Crippen molar-refractivity contribution < 1.29 is 0 Å². The van der Waals surface area contributed by atoms with Gasteiger partial charge in [0.2, 0.25) is 0 Å². The van der Waals surface area contributed by atoms with E-state index in [1.54, 1.807) is 11.3 Å². The molecule has 2 N–H and O–H groups in total. The van der Waals surface area contributed by atoms with Crippen LogP contribution in [0, 0.1) is 0 Å². The Morgan fingerprint density at radius 3 is 3.16 bits per heavy atom. The van der Waals surface area contributed by atoms with Gasteiger partial charge in [0, 0.05) is 43.6 Å². The van der Waals surface area contributed by atoms with Gasteiger partial charge >= 0.3 is 0 Å². The van der Waals surface area contributed by atoms with E-state index in [1.807, 2.05) is 24.0 Å². The predicted octanol–water partition coefficient (Wildman–Crippen LogP) is 1.07. The minimum Gasteiger partial charge on any atom is -0.346 e. The highest BCUT2D eigenvalue weighted by atomic mass is 32.1. The van der Waals surface area contributed by atoms with Gasteiger partial charge in [0.15, 0.2) is 10.8 Å². The molecule has 4 heterocycles. The summed E-state index contributed by atoms with van der Waals surface area (Å²) < 4.78 is 4.28. The number of nitrogens with two attached hydrogens (primary N) is 1. The number of imidazole rings is 2. The fourth-order valence-corrected chi connectivity index (χ4v) is 3.35. The molecule has 0 saturated heterocycles. The van der Waals surface area contributed by atoms with Gasteiger partial charge < -0.3 is 15.2 Å². The average molecular weight is 274 g/mol. The number of nitrogens with zero attached hydrogens (tertiary/aromatic N) is 5. The van der Waals surface area contributed by atoms with E-state index in [0.29, 0.717) is 6.54 Å². The summed E-state index contributed by atoms with van der Waals surface area (Å²) in [6, 6.07) is 0. The van der Waals surface area contributed by atoms with E-state index >= 15 is 0 Å². The highest BCUT2D eigenvalue weighted by Crippen LogP contribution is 2.26. The summed E-state index contributed by atoms with van der Waals surface area (Å²) in [6.07, 6.45) is 5.92. The highest BCUT2D eigenvalue weighted by molar-refractivity contribution is 7.15. The van der Waals surface area contributed by atoms with Crippen LogP contribution in [0.25, 0.3) is 4.96 Å². The Morgan fingerprint density at radius 2 is 2.26 bits per heavy atom. The van der Waals surface area contributed by atoms with E-state index in [4.69, 9.17) is 10.7 Å². The molecule has 19 heavy (non-hydrogen) atoms. The normalized spacial score (nSPS) is 15.1. The number of fused-ring (bicyclic) bond motifs is 2. The molecule has 3 aromatic rings. The molecule has 6 nitrogen and oxygen atoms in total. The Morgan fingerprint density at radius 1 is 1.32 bits per heavy atom. The third-order valence-corrected chi connectivity index (χ3v) is 4.33. The zero-order chi connectivity index (χ0) is 12.8. The SMILES string of the molecule is NCc1c(N2CCn3ccnc3C2)nc2sccn12. The van der Waals surface area contributed by atoms with Gasteiger partial charge in [-0.15, -0.1) is 11.3 Å². The quantitative estimate of drug-likeness (QED) is 0.759. The molecule has 0 unspecified atom stereocenters. The molecule has 0 atom stereocenters. The van der Waals surface area contributed by atoms with E-state index in [9.17, 15) is 0 Å². The molecule has 1 aliphatic rings. The van der Waals surface area contributed by atoms with Crippen molar-refractivity contribution >= 4 is 22.1 Å². The van der Waals surface area contributed by atoms with E-state index in [1.165, 1.54) is 0 Å². The fourth-order valence-electron chi connectivity index (χ4n) is 2.62. The molecule has 0 radical (unpaired) electrons. The fraction of sp³-hybridized carbons (Fsp3) is 0.333. The first kappa shape index (κ1) is 11.0. The maximum atomic E-state index is 5.90. The predicted molar refractivity (Wildman–Crippen MR) is 74.2 cm³/mol. The number of thiazole rings is 1. The van der Waals surface area contributed by atoms with Crippen molar-refractivity contribution in [3.8, 4) is 0 Å². The molecule has 0 amide bonds. The summed E-state index contributed by atoms with van der Waals surface area (Å²) in [5.74, 6) is 2.09. The first-order valence-corrected chi connectivity index (χ1v) is 7.14. The molecule has 0 saturated carbocycles. The minimum atomic E-state index is 0.498. The van der Waals surface area contributed by atoms with Gasteiger partial charge in [-0.05, 0) is 0 Å². The Kier molecular flexibility index (Phi) is 2.36. The zero-order valence-electron chi connectivity index (χ0n) is 10.4. The van der Waals surface area contributed by atoms with Crippen LogP contribution in [0.5, 0.6) is 0 Å². The van der Waals surface area contributed by atoms with Gasteiger partial charge in [0.05, 0.1) is 12.2 Å². The van der Waals surface area contributed by atoms with Crippen molar-refractivity contribution in [3.63, 3.8) is 0 Å². The third kappa shape index (κ3) is 1.58. The molecule has 4 rings (SSSR count). The second-order valence-corrected chi connectivity index (χ2v) is 5.47. The smallest absolute Gasteiger partial charge is 0.195 e.